The van der Waals surface area contributed by atoms with E-state index in [9.17, 15) is 53.4 Å². The molecule has 284 valence electrons. The van der Waals surface area contributed by atoms with E-state index in [2.05, 4.69) is 39.2 Å². The van der Waals surface area contributed by atoms with Crippen molar-refractivity contribution in [3.63, 3.8) is 0 Å². The number of hydrogen-bond donors (Lipinski definition) is 13. The van der Waals surface area contributed by atoms with E-state index in [0.29, 0.717) is 6.42 Å². The number of amides is 8. The predicted octanol–water partition coefficient (Wildman–Crippen LogP) is -6.31. The number of aliphatic hydroxyl groups excluding tert-OH is 2. The molecule has 0 aliphatic heterocycles. The molecule has 9 atom stereocenters. The molecule has 0 aromatic heterocycles. The van der Waals surface area contributed by atoms with Crippen molar-refractivity contribution < 1.29 is 58.5 Å². The zero-order valence-electron chi connectivity index (χ0n) is 28.3. The van der Waals surface area contributed by atoms with Crippen LogP contribution in [0.1, 0.15) is 47.5 Å². The Labute approximate surface area is 293 Å². The first-order valence-electron chi connectivity index (χ1n) is 15.5. The summed E-state index contributed by atoms with van der Waals surface area (Å²) in [4.78, 5) is 111. The lowest BCUT2D eigenvalue weighted by Crippen LogP contribution is -2.61. The molecule has 0 saturated heterocycles. The van der Waals surface area contributed by atoms with Gasteiger partial charge in [0.15, 0.2) is 0 Å². The summed E-state index contributed by atoms with van der Waals surface area (Å²) in [5.74, 6) is -9.60. The molecule has 22 heteroatoms. The smallest absolute Gasteiger partial charge is 0.326 e. The molecule has 0 rings (SSSR count). The molecule has 21 nitrogen and oxygen atoms in total. The van der Waals surface area contributed by atoms with E-state index in [4.69, 9.17) is 16.6 Å². The van der Waals surface area contributed by atoms with E-state index in [1.165, 1.54) is 20.8 Å². The number of aliphatic carboxylic acids is 1. The Morgan fingerprint density at radius 1 is 0.600 bits per heavy atom. The largest absolute Gasteiger partial charge is 0.480 e. The Bertz CT molecular complexity index is 1250. The lowest BCUT2D eigenvalue weighted by molar-refractivity contribution is -0.144. The topological polar surface area (TPSA) is 351 Å². The molecule has 8 amide bonds. The number of carboxylic acid groups (broad SMARTS) is 1. The van der Waals surface area contributed by atoms with Crippen LogP contribution in [0, 0.1) is 5.92 Å². The van der Waals surface area contributed by atoms with Gasteiger partial charge in [-0.15, -0.1) is 0 Å². The van der Waals surface area contributed by atoms with Gasteiger partial charge in [-0.25, -0.2) is 4.79 Å². The Kier molecular flexibility index (Phi) is 20.2. The molecule has 0 aliphatic carbocycles. The molecule has 14 N–H and O–H groups in total. The molecule has 0 heterocycles. The molecule has 0 aromatic rings. The fourth-order valence-corrected chi connectivity index (χ4v) is 4.11. The summed E-state index contributed by atoms with van der Waals surface area (Å²) in [6, 6.07) is -11.0. The summed E-state index contributed by atoms with van der Waals surface area (Å²) in [6.07, 6.45) is -0.264. The van der Waals surface area contributed by atoms with Gasteiger partial charge in [0.2, 0.25) is 47.3 Å². The SMILES string of the molecule is CC[C@H](C)[C@H](NC(=O)[C@H](C)N)C(=O)N[C@@H](C)C(=O)N[C@@H](C)C(=O)N[C@@H](CS)C(=O)N[C@@H](CO)C(=O)N[C@@H](CO)C(=O)N[C@@H](CC(N)=O)C(=O)O. The second-order valence-electron chi connectivity index (χ2n) is 11.4. The van der Waals surface area contributed by atoms with Crippen molar-refractivity contribution in [2.45, 2.75) is 95.8 Å². The predicted molar refractivity (Wildman–Crippen MR) is 177 cm³/mol. The van der Waals surface area contributed by atoms with Crippen LogP contribution < -0.4 is 48.7 Å². The summed E-state index contributed by atoms with van der Waals surface area (Å²) in [6.45, 7) is 5.54. The third-order valence-corrected chi connectivity index (χ3v) is 7.54. The van der Waals surface area contributed by atoms with Crippen LogP contribution in [0.25, 0.3) is 0 Å². The standard InChI is InChI=1S/C28H49N9O12S/c1-6-11(2)20(37-21(41)12(3)29)27(47)32-13(4)22(42)31-14(5)23(43)36-18(10-50)26(46)35-17(9-39)25(45)34-16(8-38)24(44)33-15(28(48)49)7-19(30)40/h11-18,20,38-39,50H,6-10,29H2,1-5H3,(H2,30,40)(H,31,42)(H,32,47)(H,33,44)(H,34,45)(H,35,46)(H,36,43)(H,37,41)(H,48,49)/t11-,12-,13-,14-,15-,16-,17-,18-,20-/m0/s1. The average Bonchev–Trinajstić information content (AvgIpc) is 3.05. The van der Waals surface area contributed by atoms with Crippen LogP contribution >= 0.6 is 12.6 Å². The fourth-order valence-electron chi connectivity index (χ4n) is 3.86. The molecular weight excluding hydrogens is 686 g/mol. The van der Waals surface area contributed by atoms with Gasteiger partial charge in [-0.1, -0.05) is 20.3 Å². The van der Waals surface area contributed by atoms with Gasteiger partial charge in [0.25, 0.3) is 0 Å². The number of hydrogen-bond acceptors (Lipinski definition) is 13. The van der Waals surface area contributed by atoms with Crippen molar-refractivity contribution in [2.24, 2.45) is 17.4 Å². The second-order valence-corrected chi connectivity index (χ2v) is 11.8. The molecule has 0 radical (unpaired) electrons. The minimum atomic E-state index is -1.77. The molecule has 0 fully saturated rings. The quantitative estimate of drug-likeness (QED) is 0.0461. The van der Waals surface area contributed by atoms with E-state index in [-0.39, 0.29) is 11.7 Å². The van der Waals surface area contributed by atoms with Crippen LogP contribution in [-0.4, -0.2) is 136 Å². The summed E-state index contributed by atoms with van der Waals surface area (Å²) in [7, 11) is 0. The third kappa shape index (κ3) is 15.3. The van der Waals surface area contributed by atoms with Crippen molar-refractivity contribution in [2.75, 3.05) is 19.0 Å². The van der Waals surface area contributed by atoms with Crippen LogP contribution in [0.3, 0.4) is 0 Å². The van der Waals surface area contributed by atoms with Crippen molar-refractivity contribution in [1.29, 1.82) is 0 Å². The van der Waals surface area contributed by atoms with Crippen LogP contribution in [0.15, 0.2) is 0 Å². The molecule has 0 aliphatic rings. The number of rotatable bonds is 22. The average molecular weight is 736 g/mol. The molecular formula is C28H49N9O12S. The number of aliphatic hydroxyl groups is 2. The minimum absolute atomic E-state index is 0.305. The van der Waals surface area contributed by atoms with E-state index in [0.717, 1.165) is 0 Å². The molecule has 0 aromatic carbocycles. The van der Waals surface area contributed by atoms with Gasteiger partial charge in [-0.3, -0.25) is 38.4 Å². The summed E-state index contributed by atoms with van der Waals surface area (Å²) in [5.41, 5.74) is 10.5. The zero-order valence-corrected chi connectivity index (χ0v) is 29.2. The van der Waals surface area contributed by atoms with E-state index >= 15 is 0 Å². The first-order chi connectivity index (χ1) is 23.2. The van der Waals surface area contributed by atoms with Gasteiger partial charge in [0.05, 0.1) is 25.7 Å². The van der Waals surface area contributed by atoms with Gasteiger partial charge in [0, 0.05) is 5.75 Å². The van der Waals surface area contributed by atoms with E-state index < -0.39 is 121 Å². The van der Waals surface area contributed by atoms with Crippen LogP contribution in [0.2, 0.25) is 0 Å². The van der Waals surface area contributed by atoms with Crippen molar-refractivity contribution >= 4 is 65.9 Å². The number of primary amides is 1. The first-order valence-corrected chi connectivity index (χ1v) is 16.1. The third-order valence-electron chi connectivity index (χ3n) is 7.18. The normalized spacial score (nSPS) is 16.3. The number of nitrogens with two attached hydrogens (primary N) is 2. The maximum atomic E-state index is 12.9. The maximum Gasteiger partial charge on any atom is 0.326 e. The van der Waals surface area contributed by atoms with Crippen molar-refractivity contribution in [3.05, 3.63) is 0 Å². The number of carbonyl (C=O) groups excluding carboxylic acids is 8. The summed E-state index contributed by atoms with van der Waals surface area (Å²) >= 11 is 4.01. The van der Waals surface area contributed by atoms with Gasteiger partial charge in [0.1, 0.15) is 42.3 Å². The highest BCUT2D eigenvalue weighted by atomic mass is 32.1. The van der Waals surface area contributed by atoms with Gasteiger partial charge in [-0.2, -0.15) is 12.6 Å². The number of carboxylic acids is 1. The minimum Gasteiger partial charge on any atom is -0.480 e. The second kappa shape index (κ2) is 22.2. The highest BCUT2D eigenvalue weighted by Crippen LogP contribution is 2.09. The molecule has 0 bridgehead atoms. The molecule has 50 heavy (non-hydrogen) atoms. The Morgan fingerprint density at radius 2 is 1.00 bits per heavy atom. The Hall–Kier alpha value is -4.54. The maximum absolute atomic E-state index is 12.9. The number of thiol groups is 1. The number of carbonyl (C=O) groups is 9. The summed E-state index contributed by atoms with van der Waals surface area (Å²) in [5, 5.41) is 44.2. The van der Waals surface area contributed by atoms with E-state index in [1.54, 1.807) is 13.8 Å². The zero-order chi connectivity index (χ0) is 38.9. The van der Waals surface area contributed by atoms with E-state index in [1.807, 2.05) is 10.6 Å². The molecule has 0 unspecified atom stereocenters. The fraction of sp³-hybridized carbons (Fsp3) is 0.679. The van der Waals surface area contributed by atoms with Gasteiger partial charge < -0.3 is 64.0 Å². The lowest BCUT2D eigenvalue weighted by atomic mass is 9.97. The summed E-state index contributed by atoms with van der Waals surface area (Å²) < 4.78 is 0. The lowest BCUT2D eigenvalue weighted by Gasteiger charge is -2.26. The molecule has 0 saturated carbocycles. The molecule has 0 spiro atoms. The monoisotopic (exact) mass is 735 g/mol. The first kappa shape index (κ1) is 45.5. The highest BCUT2D eigenvalue weighted by molar-refractivity contribution is 7.80. The van der Waals surface area contributed by atoms with Gasteiger partial charge in [-0.05, 0) is 26.7 Å². The Balaban J connectivity index is 5.35. The van der Waals surface area contributed by atoms with Crippen LogP contribution in [0.5, 0.6) is 0 Å². The number of nitrogens with one attached hydrogen (secondary N) is 7. The Morgan fingerprint density at radius 3 is 1.38 bits per heavy atom. The van der Waals surface area contributed by atoms with Crippen molar-refractivity contribution in [3.8, 4) is 0 Å². The van der Waals surface area contributed by atoms with Gasteiger partial charge >= 0.3 is 5.97 Å². The highest BCUT2D eigenvalue weighted by Gasteiger charge is 2.33. The van der Waals surface area contributed by atoms with Crippen LogP contribution in [0.4, 0.5) is 0 Å². The van der Waals surface area contributed by atoms with Crippen molar-refractivity contribution in [1.82, 2.24) is 37.2 Å². The van der Waals surface area contributed by atoms with Crippen LogP contribution in [-0.2, 0) is 43.2 Å².